The molecule has 292 valence electrons. The maximum Gasteiger partial charge on any atom is 2.00 e. The molecule has 0 atom stereocenters. The average Bonchev–Trinajstić information content (AvgIpc) is 3.29. The number of benzene rings is 8. The summed E-state index contributed by atoms with van der Waals surface area (Å²) < 4.78 is 0. The standard InChI is InChI=1S/2C26H24P2.ClH.Fe.H/c2*1-5-13-23(14-6-1)27(24-15-7-2-8-16-24)21-22-28(25-17-9-3-10-18-25)26-19-11-4-12-20-26;;;/h2*1-20H,21-22H2;1H;;/q;;;+2;-1/p-1. The van der Waals surface area contributed by atoms with Gasteiger partial charge in [-0.15, -0.1) is 0 Å². The molecular weight excluding hydrogens is 840 g/mol. The van der Waals surface area contributed by atoms with Crippen molar-refractivity contribution in [2.24, 2.45) is 0 Å². The Morgan fingerprint density at radius 2 is 0.310 bits per heavy atom. The zero-order valence-electron chi connectivity index (χ0n) is 33.4. The molecule has 0 aliphatic carbocycles. The second-order valence-corrected chi connectivity index (χ2v) is 22.6. The van der Waals surface area contributed by atoms with Crippen LogP contribution in [0.5, 0.6) is 0 Å². The summed E-state index contributed by atoms with van der Waals surface area (Å²) in [5.41, 5.74) is 0. The molecule has 0 aliphatic rings. The fraction of sp³-hybridized carbons (Fsp3) is 0.0769. The van der Waals surface area contributed by atoms with Crippen LogP contribution in [0.3, 0.4) is 0 Å². The van der Waals surface area contributed by atoms with Crippen LogP contribution >= 0.6 is 31.7 Å². The number of hydrogen-bond donors (Lipinski definition) is 0. The topological polar surface area (TPSA) is 0 Å². The van der Waals surface area contributed by atoms with Crippen molar-refractivity contribution in [3.05, 3.63) is 243 Å². The van der Waals surface area contributed by atoms with Gasteiger partial charge in [0.1, 0.15) is 0 Å². The van der Waals surface area contributed by atoms with Crippen LogP contribution in [0.15, 0.2) is 243 Å². The Kier molecular flexibility index (Phi) is 19.6. The van der Waals surface area contributed by atoms with E-state index in [-0.39, 0.29) is 62.6 Å². The van der Waals surface area contributed by atoms with Gasteiger partial charge in [0.2, 0.25) is 0 Å². The van der Waals surface area contributed by atoms with Gasteiger partial charge in [-0.2, -0.15) is 0 Å². The normalized spacial score (nSPS) is 10.7. The molecule has 0 N–H and O–H groups in total. The first kappa shape index (κ1) is 45.4. The smallest absolute Gasteiger partial charge is 1.00 e. The van der Waals surface area contributed by atoms with Crippen LogP contribution in [-0.2, 0) is 17.1 Å². The molecule has 6 heteroatoms. The van der Waals surface area contributed by atoms with Crippen LogP contribution in [0, 0.1) is 0 Å². The molecule has 0 saturated carbocycles. The Morgan fingerprint density at radius 1 is 0.207 bits per heavy atom. The van der Waals surface area contributed by atoms with Crippen LogP contribution < -0.4 is 54.8 Å². The van der Waals surface area contributed by atoms with Crippen LogP contribution in [0.2, 0.25) is 0 Å². The van der Waals surface area contributed by atoms with Gasteiger partial charge in [-0.25, -0.2) is 0 Å². The van der Waals surface area contributed by atoms with Gasteiger partial charge in [-0.3, -0.25) is 0 Å². The summed E-state index contributed by atoms with van der Waals surface area (Å²) in [6.45, 7) is 0. The van der Waals surface area contributed by atoms with E-state index in [0.29, 0.717) is 0 Å². The van der Waals surface area contributed by atoms with Crippen molar-refractivity contribution in [1.29, 1.82) is 0 Å². The average molecular weight is 889 g/mol. The monoisotopic (exact) mass is 888 g/mol. The molecule has 0 aliphatic heterocycles. The van der Waals surface area contributed by atoms with E-state index in [2.05, 4.69) is 243 Å². The zero-order chi connectivity index (χ0) is 38.0. The second kappa shape index (κ2) is 25.0. The summed E-state index contributed by atoms with van der Waals surface area (Å²) in [6.07, 6.45) is 4.83. The Balaban J connectivity index is 0.000000248. The van der Waals surface area contributed by atoms with Crippen molar-refractivity contribution in [2.75, 3.05) is 24.6 Å². The molecule has 0 bridgehead atoms. The predicted octanol–water partition coefficient (Wildman–Crippen LogP) is 7.62. The van der Waals surface area contributed by atoms with Crippen molar-refractivity contribution in [1.82, 2.24) is 0 Å². The van der Waals surface area contributed by atoms with Gasteiger partial charge < -0.3 is 13.8 Å². The Bertz CT molecular complexity index is 1770. The van der Waals surface area contributed by atoms with E-state index in [0.717, 1.165) is 0 Å². The van der Waals surface area contributed by atoms with Gasteiger partial charge in [-0.05, 0) is 98.8 Å². The minimum atomic E-state index is -0.348. The van der Waals surface area contributed by atoms with Crippen molar-refractivity contribution in [3.8, 4) is 0 Å². The van der Waals surface area contributed by atoms with Crippen molar-refractivity contribution >= 4 is 74.1 Å². The van der Waals surface area contributed by atoms with E-state index in [1.807, 2.05) is 0 Å². The molecule has 8 rings (SSSR count). The van der Waals surface area contributed by atoms with E-state index in [1.54, 1.807) is 0 Å². The second-order valence-electron chi connectivity index (χ2n) is 13.3. The molecule has 0 amide bonds. The van der Waals surface area contributed by atoms with E-state index < -0.39 is 0 Å². The molecule has 0 heterocycles. The third-order valence-electron chi connectivity index (χ3n) is 9.64. The van der Waals surface area contributed by atoms with Gasteiger partial charge in [0, 0.05) is 0 Å². The molecule has 8 aromatic rings. The molecule has 0 aromatic heterocycles. The molecule has 58 heavy (non-hydrogen) atoms. The number of halogens is 1. The molecule has 0 nitrogen and oxygen atoms in total. The van der Waals surface area contributed by atoms with Crippen molar-refractivity contribution < 1.29 is 30.9 Å². The molecular formula is C52H49ClFeP4. The van der Waals surface area contributed by atoms with E-state index in [1.165, 1.54) is 67.1 Å². The van der Waals surface area contributed by atoms with Crippen LogP contribution in [0.1, 0.15) is 1.43 Å². The first-order valence-corrected chi connectivity index (χ1v) is 25.4. The Morgan fingerprint density at radius 3 is 0.414 bits per heavy atom. The molecule has 0 spiro atoms. The fourth-order valence-electron chi connectivity index (χ4n) is 6.89. The zero-order valence-corrected chi connectivity index (χ0v) is 37.9. The summed E-state index contributed by atoms with van der Waals surface area (Å²) >= 11 is 0. The van der Waals surface area contributed by atoms with E-state index in [4.69, 9.17) is 0 Å². The van der Waals surface area contributed by atoms with Gasteiger partial charge >= 0.3 is 17.1 Å². The van der Waals surface area contributed by atoms with E-state index >= 15 is 0 Å². The van der Waals surface area contributed by atoms with Crippen molar-refractivity contribution in [2.45, 2.75) is 0 Å². The van der Waals surface area contributed by atoms with Gasteiger partial charge in [-0.1, -0.05) is 243 Å². The van der Waals surface area contributed by atoms with Crippen LogP contribution in [-0.4, -0.2) is 24.6 Å². The number of rotatable bonds is 14. The van der Waals surface area contributed by atoms with Crippen LogP contribution in [0.4, 0.5) is 0 Å². The largest absolute Gasteiger partial charge is 2.00 e. The first-order valence-electron chi connectivity index (χ1n) is 19.3. The summed E-state index contributed by atoms with van der Waals surface area (Å²) in [4.78, 5) is 0. The third-order valence-corrected chi connectivity index (χ3v) is 20.4. The van der Waals surface area contributed by atoms with Gasteiger partial charge in [0.05, 0.1) is 0 Å². The van der Waals surface area contributed by atoms with E-state index in [9.17, 15) is 0 Å². The first-order chi connectivity index (χ1) is 27.8. The predicted molar refractivity (Wildman–Crippen MR) is 257 cm³/mol. The van der Waals surface area contributed by atoms with Gasteiger partial charge in [0.15, 0.2) is 0 Å². The van der Waals surface area contributed by atoms with Gasteiger partial charge in [0.25, 0.3) is 0 Å². The quantitative estimate of drug-likeness (QED) is 0.0780. The number of hydrogen-bond acceptors (Lipinski definition) is 0. The SMILES string of the molecule is [Cl-].[Fe+2].[H-].c1ccc(P(CCP(c2ccccc2)c2ccccc2)c2ccccc2)cc1.c1ccc(P(CCP(c2ccccc2)c2ccccc2)c2ccccc2)cc1. The molecule has 0 radical (unpaired) electrons. The third kappa shape index (κ3) is 13.1. The maximum atomic E-state index is 2.30. The minimum Gasteiger partial charge on any atom is -1.00 e. The van der Waals surface area contributed by atoms with Crippen LogP contribution in [0.25, 0.3) is 0 Å². The summed E-state index contributed by atoms with van der Waals surface area (Å²) in [5.74, 6) is 0. The summed E-state index contributed by atoms with van der Waals surface area (Å²) in [5, 5.41) is 11.8. The van der Waals surface area contributed by atoms with Crippen molar-refractivity contribution in [3.63, 3.8) is 0 Å². The molecule has 8 aromatic carbocycles. The summed E-state index contributed by atoms with van der Waals surface area (Å²) in [6, 6.07) is 88.4. The maximum absolute atomic E-state index is 2.30. The Hall–Kier alpha value is -3.71. The molecule has 0 fully saturated rings. The Labute approximate surface area is 370 Å². The molecule has 0 unspecified atom stereocenters. The summed E-state index contributed by atoms with van der Waals surface area (Å²) in [7, 11) is -1.39. The molecule has 0 saturated heterocycles. The fourth-order valence-corrected chi connectivity index (χ4v) is 17.6. The minimum absolute atomic E-state index is 0.